The first-order valence-corrected chi connectivity index (χ1v) is 6.86. The van der Waals surface area contributed by atoms with Crippen LogP contribution in [0.1, 0.15) is 32.8 Å². The summed E-state index contributed by atoms with van der Waals surface area (Å²) in [6, 6.07) is 5.72. The minimum absolute atomic E-state index is 0.157. The van der Waals surface area contributed by atoms with Gasteiger partial charge in [-0.1, -0.05) is 42.0 Å². The van der Waals surface area contributed by atoms with Crippen molar-refractivity contribution in [1.82, 2.24) is 0 Å². The first-order valence-electron chi connectivity index (χ1n) is 5.66. The summed E-state index contributed by atoms with van der Waals surface area (Å²) in [5, 5.41) is 0. The zero-order valence-corrected chi connectivity index (χ0v) is 12.8. The summed E-state index contributed by atoms with van der Waals surface area (Å²) in [5.74, 6) is 1.36. The normalized spacial score (nSPS) is 12.5. The molecule has 0 aliphatic carbocycles. The molecular weight excluding hydrogens is 298 g/mol. The lowest BCUT2D eigenvalue weighted by molar-refractivity contribution is 0.193. The Hall–Kier alpha value is -0.610. The minimum atomic E-state index is 0.157. The van der Waals surface area contributed by atoms with E-state index in [1.807, 2.05) is 18.2 Å². The molecule has 0 aliphatic rings. The van der Waals surface area contributed by atoms with Crippen molar-refractivity contribution in [2.24, 2.45) is 11.7 Å². The largest absolute Gasteiger partial charge is 0.490 e. The third-order valence-corrected chi connectivity index (χ3v) is 3.05. The van der Waals surface area contributed by atoms with E-state index >= 15 is 0 Å². The molecule has 2 nitrogen and oxygen atoms in total. The summed E-state index contributed by atoms with van der Waals surface area (Å²) in [4.78, 5) is 0.359. The molecule has 1 unspecified atom stereocenters. The Morgan fingerprint density at radius 3 is 2.59 bits per heavy atom. The van der Waals surface area contributed by atoms with E-state index in [0.29, 0.717) is 10.9 Å². The number of nitrogens with two attached hydrogens (primary N) is 1. The van der Waals surface area contributed by atoms with Gasteiger partial charge in [0.2, 0.25) is 0 Å². The molecule has 0 bridgehead atoms. The number of benzene rings is 1. The topological polar surface area (TPSA) is 35.2 Å². The zero-order chi connectivity index (χ0) is 13.0. The third kappa shape index (κ3) is 4.64. The molecule has 1 aromatic rings. The van der Waals surface area contributed by atoms with E-state index in [4.69, 9.17) is 22.7 Å². The molecule has 0 saturated heterocycles. The Bertz CT molecular complexity index is 406. The van der Waals surface area contributed by atoms with Crippen molar-refractivity contribution < 1.29 is 4.74 Å². The zero-order valence-electron chi connectivity index (χ0n) is 10.4. The molecule has 0 radical (unpaired) electrons. The molecular formula is C13H18BrNOS. The number of thiocarbonyl (C=S) groups is 1. The van der Waals surface area contributed by atoms with Gasteiger partial charge in [-0.15, -0.1) is 0 Å². The second kappa shape index (κ2) is 6.36. The molecule has 94 valence electrons. The van der Waals surface area contributed by atoms with Crippen molar-refractivity contribution in [3.05, 3.63) is 28.2 Å². The van der Waals surface area contributed by atoms with E-state index in [1.54, 1.807) is 0 Å². The quantitative estimate of drug-likeness (QED) is 0.837. The maximum atomic E-state index is 5.88. The summed E-state index contributed by atoms with van der Waals surface area (Å²) < 4.78 is 6.83. The molecule has 17 heavy (non-hydrogen) atoms. The Balaban J connectivity index is 2.86. The van der Waals surface area contributed by atoms with E-state index < -0.39 is 0 Å². The maximum absolute atomic E-state index is 5.88. The van der Waals surface area contributed by atoms with Crippen molar-refractivity contribution >= 4 is 33.1 Å². The molecule has 0 aromatic heterocycles. The summed E-state index contributed by atoms with van der Waals surface area (Å²) >= 11 is 8.43. The van der Waals surface area contributed by atoms with E-state index in [9.17, 15) is 0 Å². The smallest absolute Gasteiger partial charge is 0.129 e. The van der Waals surface area contributed by atoms with Crippen molar-refractivity contribution in [3.8, 4) is 5.75 Å². The number of hydrogen-bond donors (Lipinski definition) is 1. The number of ether oxygens (including phenoxy) is 1. The van der Waals surface area contributed by atoms with Crippen molar-refractivity contribution in [1.29, 1.82) is 0 Å². The summed E-state index contributed by atoms with van der Waals surface area (Å²) in [6.07, 6.45) is 1.16. The van der Waals surface area contributed by atoms with Crippen LogP contribution in [0.3, 0.4) is 0 Å². The van der Waals surface area contributed by atoms with Crippen molar-refractivity contribution in [2.75, 3.05) is 0 Å². The summed E-state index contributed by atoms with van der Waals surface area (Å²) in [7, 11) is 0. The number of rotatable bonds is 5. The minimum Gasteiger partial charge on any atom is -0.490 e. The van der Waals surface area contributed by atoms with Gasteiger partial charge in [-0.05, 0) is 37.5 Å². The van der Waals surface area contributed by atoms with Crippen LogP contribution in [0.2, 0.25) is 0 Å². The molecule has 0 spiro atoms. The molecule has 0 aliphatic heterocycles. The van der Waals surface area contributed by atoms with Crippen LogP contribution in [0.25, 0.3) is 0 Å². The molecule has 0 fully saturated rings. The van der Waals surface area contributed by atoms with Gasteiger partial charge < -0.3 is 10.5 Å². The second-order valence-corrected chi connectivity index (χ2v) is 5.92. The van der Waals surface area contributed by atoms with Crippen molar-refractivity contribution in [2.45, 2.75) is 33.3 Å². The van der Waals surface area contributed by atoms with E-state index in [2.05, 4.69) is 36.7 Å². The van der Waals surface area contributed by atoms with Gasteiger partial charge in [0.15, 0.2) is 0 Å². The average Bonchev–Trinajstić information content (AvgIpc) is 2.19. The fourth-order valence-electron chi connectivity index (χ4n) is 1.73. The van der Waals surface area contributed by atoms with Crippen LogP contribution in [0, 0.1) is 5.92 Å². The van der Waals surface area contributed by atoms with Gasteiger partial charge in [0, 0.05) is 4.47 Å². The SMILES string of the molecule is CC(C)CC(C)Oc1ccc(Br)cc1C(N)=S. The Labute approximate surface area is 117 Å². The molecule has 0 amide bonds. The lowest BCUT2D eigenvalue weighted by Gasteiger charge is -2.18. The van der Waals surface area contributed by atoms with Crippen LogP contribution >= 0.6 is 28.1 Å². The van der Waals surface area contributed by atoms with Crippen LogP contribution in [0.5, 0.6) is 5.75 Å². The first-order chi connectivity index (χ1) is 7.90. The lowest BCUT2D eigenvalue weighted by Crippen LogP contribution is -2.18. The first kappa shape index (κ1) is 14.5. The predicted molar refractivity (Wildman–Crippen MR) is 79.6 cm³/mol. The number of halogens is 1. The van der Waals surface area contributed by atoms with Crippen LogP contribution in [0.15, 0.2) is 22.7 Å². The molecule has 1 aromatic carbocycles. The van der Waals surface area contributed by atoms with Gasteiger partial charge in [-0.25, -0.2) is 0 Å². The molecule has 0 saturated carbocycles. The fourth-order valence-corrected chi connectivity index (χ4v) is 2.25. The van der Waals surface area contributed by atoms with Gasteiger partial charge in [-0.3, -0.25) is 0 Å². The number of hydrogen-bond acceptors (Lipinski definition) is 2. The molecule has 1 rings (SSSR count). The average molecular weight is 316 g/mol. The second-order valence-electron chi connectivity index (χ2n) is 4.56. The monoisotopic (exact) mass is 315 g/mol. The van der Waals surface area contributed by atoms with Crippen LogP contribution < -0.4 is 10.5 Å². The van der Waals surface area contributed by atoms with E-state index in [-0.39, 0.29) is 6.10 Å². The lowest BCUT2D eigenvalue weighted by atomic mass is 10.1. The highest BCUT2D eigenvalue weighted by Gasteiger charge is 2.12. The maximum Gasteiger partial charge on any atom is 0.129 e. The van der Waals surface area contributed by atoms with Gasteiger partial charge in [-0.2, -0.15) is 0 Å². The van der Waals surface area contributed by atoms with Gasteiger partial charge >= 0.3 is 0 Å². The van der Waals surface area contributed by atoms with Crippen LogP contribution in [-0.4, -0.2) is 11.1 Å². The highest BCUT2D eigenvalue weighted by molar-refractivity contribution is 9.10. The molecule has 2 N–H and O–H groups in total. The fraction of sp³-hybridized carbons (Fsp3) is 0.462. The molecule has 4 heteroatoms. The van der Waals surface area contributed by atoms with Crippen molar-refractivity contribution in [3.63, 3.8) is 0 Å². The van der Waals surface area contributed by atoms with Crippen LogP contribution in [-0.2, 0) is 0 Å². The summed E-state index contributed by atoms with van der Waals surface area (Å²) in [5.41, 5.74) is 6.47. The highest BCUT2D eigenvalue weighted by atomic mass is 79.9. The predicted octanol–water partition coefficient (Wildman–Crippen LogP) is 3.90. The molecule has 1 atom stereocenters. The van der Waals surface area contributed by atoms with Crippen LogP contribution in [0.4, 0.5) is 0 Å². The van der Waals surface area contributed by atoms with Gasteiger partial charge in [0.05, 0.1) is 11.7 Å². The standard InChI is InChI=1S/C13H18BrNOS/c1-8(2)6-9(3)16-12-5-4-10(14)7-11(12)13(15)17/h4-5,7-9H,6H2,1-3H3,(H2,15,17). The summed E-state index contributed by atoms with van der Waals surface area (Å²) in [6.45, 7) is 6.41. The van der Waals surface area contributed by atoms with E-state index in [1.165, 1.54) is 0 Å². The highest BCUT2D eigenvalue weighted by Crippen LogP contribution is 2.25. The third-order valence-electron chi connectivity index (χ3n) is 2.34. The Morgan fingerprint density at radius 1 is 1.41 bits per heavy atom. The Morgan fingerprint density at radius 2 is 2.06 bits per heavy atom. The van der Waals surface area contributed by atoms with E-state index in [0.717, 1.165) is 22.2 Å². The van der Waals surface area contributed by atoms with Gasteiger partial charge in [0.25, 0.3) is 0 Å². The Kier molecular flexibility index (Phi) is 5.40. The van der Waals surface area contributed by atoms with Gasteiger partial charge in [0.1, 0.15) is 10.7 Å². The molecule has 0 heterocycles.